The lowest BCUT2D eigenvalue weighted by atomic mass is 10.1. The Balaban J connectivity index is 1.57. The highest BCUT2D eigenvalue weighted by Crippen LogP contribution is 2.41. The summed E-state index contributed by atoms with van der Waals surface area (Å²) < 4.78 is 7.80. The molecule has 3 aromatic carbocycles. The maximum absolute atomic E-state index is 12.8. The van der Waals surface area contributed by atoms with E-state index in [1.165, 1.54) is 17.2 Å². The molecule has 0 bridgehead atoms. The lowest BCUT2D eigenvalue weighted by molar-refractivity contribution is 0.101. The molecule has 148 valence electrons. The number of hydrogen-bond donors (Lipinski definition) is 2. The summed E-state index contributed by atoms with van der Waals surface area (Å²) in [5.74, 6) is -0.579. The van der Waals surface area contributed by atoms with Gasteiger partial charge in [0.15, 0.2) is 5.76 Å². The standard InChI is InChI=1S/C25H19NO4/c1-15-5-4-6-16(9-15)13-26-14-17(19-7-2-3-8-20(19)26)10-23-25(29)24-21(28)11-18(27)12-22(24)30-23/h2-12,14,27-28H,13H2,1H3/b23-10-. The minimum Gasteiger partial charge on any atom is -0.508 e. The number of nitrogens with zero attached hydrogens (tertiary/aromatic N) is 1. The molecule has 5 nitrogen and oxygen atoms in total. The minimum atomic E-state index is -0.405. The fourth-order valence-electron chi connectivity index (χ4n) is 3.95. The zero-order chi connectivity index (χ0) is 20.8. The lowest BCUT2D eigenvalue weighted by Crippen LogP contribution is -1.99. The number of allylic oxidation sites excluding steroid dienone is 1. The van der Waals surface area contributed by atoms with E-state index >= 15 is 0 Å². The molecule has 0 aliphatic carbocycles. The van der Waals surface area contributed by atoms with E-state index in [9.17, 15) is 15.0 Å². The molecule has 0 radical (unpaired) electrons. The highest BCUT2D eigenvalue weighted by molar-refractivity contribution is 6.16. The predicted molar refractivity (Wildman–Crippen MR) is 115 cm³/mol. The Morgan fingerprint density at radius 1 is 1.03 bits per heavy atom. The summed E-state index contributed by atoms with van der Waals surface area (Å²) in [6.45, 7) is 2.77. The van der Waals surface area contributed by atoms with Gasteiger partial charge in [-0.3, -0.25) is 4.79 Å². The van der Waals surface area contributed by atoms with Gasteiger partial charge in [0.2, 0.25) is 5.78 Å². The Bertz CT molecular complexity index is 1350. The average molecular weight is 397 g/mol. The quantitative estimate of drug-likeness (QED) is 0.476. The van der Waals surface area contributed by atoms with Crippen LogP contribution in [0.3, 0.4) is 0 Å². The molecule has 1 aliphatic rings. The van der Waals surface area contributed by atoms with E-state index in [4.69, 9.17) is 4.74 Å². The molecule has 0 saturated heterocycles. The fourth-order valence-corrected chi connectivity index (χ4v) is 3.95. The van der Waals surface area contributed by atoms with Crippen LogP contribution in [-0.4, -0.2) is 20.6 Å². The van der Waals surface area contributed by atoms with Crippen LogP contribution >= 0.6 is 0 Å². The average Bonchev–Trinajstić information content (AvgIpc) is 3.20. The van der Waals surface area contributed by atoms with Gasteiger partial charge in [0.25, 0.3) is 0 Å². The van der Waals surface area contributed by atoms with Crippen molar-refractivity contribution in [3.63, 3.8) is 0 Å². The van der Waals surface area contributed by atoms with E-state index < -0.39 is 5.78 Å². The Labute approximate surface area is 173 Å². The number of para-hydroxylation sites is 1. The molecule has 1 aromatic heterocycles. The largest absolute Gasteiger partial charge is 0.508 e. The molecule has 0 fully saturated rings. The number of phenolic OH excluding ortho intramolecular Hbond substituents is 2. The van der Waals surface area contributed by atoms with E-state index in [0.29, 0.717) is 6.54 Å². The van der Waals surface area contributed by atoms with Crippen LogP contribution in [0.1, 0.15) is 27.0 Å². The smallest absolute Gasteiger partial charge is 0.235 e. The zero-order valence-corrected chi connectivity index (χ0v) is 16.3. The van der Waals surface area contributed by atoms with Crippen molar-refractivity contribution in [2.24, 2.45) is 0 Å². The summed E-state index contributed by atoms with van der Waals surface area (Å²) in [5, 5.41) is 20.7. The third-order valence-electron chi connectivity index (χ3n) is 5.28. The number of Topliss-reactive ketones (excluding diaryl/α,β-unsaturated/α-hetero) is 1. The number of rotatable bonds is 3. The number of ketones is 1. The second kappa shape index (κ2) is 6.81. The summed E-state index contributed by atoms with van der Waals surface area (Å²) in [6, 6.07) is 18.8. The topological polar surface area (TPSA) is 71.7 Å². The minimum absolute atomic E-state index is 0.0718. The third kappa shape index (κ3) is 3.01. The van der Waals surface area contributed by atoms with Crippen molar-refractivity contribution >= 4 is 22.8 Å². The van der Waals surface area contributed by atoms with Crippen molar-refractivity contribution in [2.75, 3.05) is 0 Å². The van der Waals surface area contributed by atoms with Crippen molar-refractivity contribution in [3.8, 4) is 17.2 Å². The first-order valence-corrected chi connectivity index (χ1v) is 9.63. The van der Waals surface area contributed by atoms with Gasteiger partial charge in [0.1, 0.15) is 22.8 Å². The monoisotopic (exact) mass is 397 g/mol. The van der Waals surface area contributed by atoms with Gasteiger partial charge in [0.05, 0.1) is 0 Å². The van der Waals surface area contributed by atoms with Gasteiger partial charge in [-0.2, -0.15) is 0 Å². The van der Waals surface area contributed by atoms with E-state index in [-0.39, 0.29) is 28.6 Å². The second-order valence-electron chi connectivity index (χ2n) is 7.50. The molecule has 30 heavy (non-hydrogen) atoms. The number of phenols is 2. The molecule has 5 heteroatoms. The Hall–Kier alpha value is -3.99. The number of carbonyl (C=O) groups is 1. The van der Waals surface area contributed by atoms with Crippen LogP contribution in [-0.2, 0) is 6.54 Å². The maximum Gasteiger partial charge on any atom is 0.235 e. The molecule has 4 aromatic rings. The SMILES string of the molecule is Cc1cccc(Cn2cc(/C=C3\Oc4cc(O)cc(O)c4C3=O)c3ccccc32)c1. The molecule has 0 unspecified atom stereocenters. The molecule has 2 heterocycles. The Morgan fingerprint density at radius 2 is 1.87 bits per heavy atom. The molecule has 5 rings (SSSR count). The van der Waals surface area contributed by atoms with E-state index in [0.717, 1.165) is 22.5 Å². The lowest BCUT2D eigenvalue weighted by Gasteiger charge is -2.06. The van der Waals surface area contributed by atoms with Gasteiger partial charge in [-0.25, -0.2) is 0 Å². The number of aryl methyl sites for hydroxylation is 1. The summed E-state index contributed by atoms with van der Waals surface area (Å²) in [4.78, 5) is 12.8. The molecular formula is C25H19NO4. The van der Waals surface area contributed by atoms with Gasteiger partial charge in [-0.15, -0.1) is 0 Å². The van der Waals surface area contributed by atoms with Crippen molar-refractivity contribution in [3.05, 3.63) is 94.9 Å². The van der Waals surface area contributed by atoms with Crippen LogP contribution in [0.4, 0.5) is 0 Å². The maximum atomic E-state index is 12.8. The van der Waals surface area contributed by atoms with E-state index in [2.05, 4.69) is 29.7 Å². The first-order valence-electron chi connectivity index (χ1n) is 9.63. The van der Waals surface area contributed by atoms with Crippen LogP contribution in [0.5, 0.6) is 17.2 Å². The third-order valence-corrected chi connectivity index (χ3v) is 5.28. The Morgan fingerprint density at radius 3 is 2.70 bits per heavy atom. The number of aromatic nitrogens is 1. The molecule has 0 amide bonds. The number of fused-ring (bicyclic) bond motifs is 2. The summed E-state index contributed by atoms with van der Waals surface area (Å²) >= 11 is 0. The highest BCUT2D eigenvalue weighted by atomic mass is 16.5. The van der Waals surface area contributed by atoms with Crippen LogP contribution in [0.2, 0.25) is 0 Å². The van der Waals surface area contributed by atoms with E-state index in [1.54, 1.807) is 6.08 Å². The van der Waals surface area contributed by atoms with Crippen LogP contribution < -0.4 is 4.74 Å². The summed E-state index contributed by atoms with van der Waals surface area (Å²) in [6.07, 6.45) is 3.69. The normalized spacial score (nSPS) is 14.3. The molecule has 0 saturated carbocycles. The molecule has 0 atom stereocenters. The summed E-state index contributed by atoms with van der Waals surface area (Å²) in [7, 11) is 0. The fraction of sp³-hybridized carbons (Fsp3) is 0.0800. The number of benzene rings is 3. The molecule has 1 aliphatic heterocycles. The predicted octanol–water partition coefficient (Wildman–Crippen LogP) is 5.03. The molecule has 0 spiro atoms. The zero-order valence-electron chi connectivity index (χ0n) is 16.3. The van der Waals surface area contributed by atoms with Gasteiger partial charge >= 0.3 is 0 Å². The molecule has 2 N–H and O–H groups in total. The van der Waals surface area contributed by atoms with Gasteiger partial charge in [-0.1, -0.05) is 48.0 Å². The number of ether oxygens (including phenoxy) is 1. The molecular weight excluding hydrogens is 378 g/mol. The number of carbonyl (C=O) groups excluding carboxylic acids is 1. The van der Waals surface area contributed by atoms with Crippen molar-refractivity contribution in [2.45, 2.75) is 13.5 Å². The first kappa shape index (κ1) is 18.1. The van der Waals surface area contributed by atoms with Crippen molar-refractivity contribution in [1.82, 2.24) is 4.57 Å². The number of hydrogen-bond acceptors (Lipinski definition) is 4. The number of aromatic hydroxyl groups is 2. The van der Waals surface area contributed by atoms with Crippen molar-refractivity contribution < 1.29 is 19.7 Å². The van der Waals surface area contributed by atoms with Gasteiger partial charge in [0, 0.05) is 41.3 Å². The Kier molecular flexibility index (Phi) is 4.10. The van der Waals surface area contributed by atoms with Crippen LogP contribution in [0.25, 0.3) is 17.0 Å². The van der Waals surface area contributed by atoms with Crippen LogP contribution in [0.15, 0.2) is 72.6 Å². The van der Waals surface area contributed by atoms with E-state index in [1.807, 2.05) is 36.5 Å². The highest BCUT2D eigenvalue weighted by Gasteiger charge is 2.31. The second-order valence-corrected chi connectivity index (χ2v) is 7.50. The first-order chi connectivity index (χ1) is 14.5. The summed E-state index contributed by atoms with van der Waals surface area (Å²) in [5.41, 5.74) is 4.36. The van der Waals surface area contributed by atoms with Gasteiger partial charge in [-0.05, 0) is 24.6 Å². The van der Waals surface area contributed by atoms with Crippen molar-refractivity contribution in [1.29, 1.82) is 0 Å². The van der Waals surface area contributed by atoms with Gasteiger partial charge < -0.3 is 19.5 Å². The van der Waals surface area contributed by atoms with Crippen LogP contribution in [0, 0.1) is 6.92 Å².